The molecule has 0 aromatic carbocycles. The van der Waals surface area contributed by atoms with Crippen LogP contribution in [-0.2, 0) is 6.42 Å². The van der Waals surface area contributed by atoms with Gasteiger partial charge in [-0.25, -0.2) is 4.98 Å². The summed E-state index contributed by atoms with van der Waals surface area (Å²) in [7, 11) is 0. The lowest BCUT2D eigenvalue weighted by atomic mass is 10.1. The molecule has 0 unspecified atom stereocenters. The van der Waals surface area contributed by atoms with Crippen LogP contribution in [0.5, 0.6) is 0 Å². The van der Waals surface area contributed by atoms with Crippen molar-refractivity contribution in [3.63, 3.8) is 0 Å². The molecular formula is C12H14N4. The largest absolute Gasteiger partial charge is 0.396 e. The summed E-state index contributed by atoms with van der Waals surface area (Å²) in [6.45, 7) is 1.97. The van der Waals surface area contributed by atoms with Crippen LogP contribution in [0.1, 0.15) is 16.8 Å². The number of rotatable bonds is 2. The van der Waals surface area contributed by atoms with E-state index in [1.807, 2.05) is 25.1 Å². The molecular weight excluding hydrogens is 200 g/mol. The molecule has 2 rings (SSSR count). The maximum atomic E-state index is 5.70. The summed E-state index contributed by atoms with van der Waals surface area (Å²) < 4.78 is 0. The van der Waals surface area contributed by atoms with Crippen LogP contribution in [0, 0.1) is 6.92 Å². The first-order valence-corrected chi connectivity index (χ1v) is 5.06. The number of nitrogens with two attached hydrogens (primary N) is 2. The molecule has 0 aliphatic carbocycles. The molecule has 0 spiro atoms. The number of aryl methyl sites for hydroxylation is 1. The minimum Gasteiger partial charge on any atom is -0.396 e. The molecule has 0 saturated heterocycles. The van der Waals surface area contributed by atoms with Gasteiger partial charge in [0, 0.05) is 18.1 Å². The summed E-state index contributed by atoms with van der Waals surface area (Å²) in [4.78, 5) is 8.19. The van der Waals surface area contributed by atoms with E-state index in [2.05, 4.69) is 9.97 Å². The maximum Gasteiger partial charge on any atom is 0.146 e. The van der Waals surface area contributed by atoms with Crippen LogP contribution in [0.4, 0.5) is 11.5 Å². The number of anilines is 2. The Morgan fingerprint density at radius 3 is 2.62 bits per heavy atom. The minimum atomic E-state index is 0.384. The van der Waals surface area contributed by atoms with E-state index < -0.39 is 0 Å². The summed E-state index contributed by atoms with van der Waals surface area (Å²) in [5.74, 6) is 0.384. The SMILES string of the molecule is Cc1cc(Cc2cnc(N)c(N)c2)ccn1. The van der Waals surface area contributed by atoms with Crippen molar-refractivity contribution in [1.29, 1.82) is 0 Å². The van der Waals surface area contributed by atoms with Crippen LogP contribution in [0.15, 0.2) is 30.6 Å². The molecule has 0 radical (unpaired) electrons. The zero-order chi connectivity index (χ0) is 11.5. The van der Waals surface area contributed by atoms with E-state index in [9.17, 15) is 0 Å². The first kappa shape index (κ1) is 10.4. The highest BCUT2D eigenvalue weighted by molar-refractivity contribution is 5.58. The zero-order valence-corrected chi connectivity index (χ0v) is 9.14. The smallest absolute Gasteiger partial charge is 0.146 e. The molecule has 0 amide bonds. The van der Waals surface area contributed by atoms with Crippen LogP contribution in [0.2, 0.25) is 0 Å². The molecule has 0 aliphatic rings. The van der Waals surface area contributed by atoms with Crippen molar-refractivity contribution < 1.29 is 0 Å². The third kappa shape index (κ3) is 2.28. The second-order valence-corrected chi connectivity index (χ2v) is 3.80. The maximum absolute atomic E-state index is 5.70. The Morgan fingerprint density at radius 2 is 1.94 bits per heavy atom. The van der Waals surface area contributed by atoms with Gasteiger partial charge in [0.2, 0.25) is 0 Å². The number of nitrogen functional groups attached to an aromatic ring is 2. The van der Waals surface area contributed by atoms with Gasteiger partial charge in [0.25, 0.3) is 0 Å². The predicted octanol–water partition coefficient (Wildman–Crippen LogP) is 1.54. The fourth-order valence-electron chi connectivity index (χ4n) is 1.58. The van der Waals surface area contributed by atoms with Crippen LogP contribution < -0.4 is 11.5 Å². The fraction of sp³-hybridized carbons (Fsp3) is 0.167. The number of hydrogen-bond donors (Lipinski definition) is 2. The molecule has 4 N–H and O–H groups in total. The highest BCUT2D eigenvalue weighted by Gasteiger charge is 2.01. The molecule has 2 heterocycles. The van der Waals surface area contributed by atoms with E-state index in [-0.39, 0.29) is 0 Å². The van der Waals surface area contributed by atoms with E-state index in [1.165, 1.54) is 5.56 Å². The molecule has 2 aromatic rings. The second-order valence-electron chi connectivity index (χ2n) is 3.80. The van der Waals surface area contributed by atoms with Crippen molar-refractivity contribution >= 4 is 11.5 Å². The van der Waals surface area contributed by atoms with Crippen LogP contribution >= 0.6 is 0 Å². The summed E-state index contributed by atoms with van der Waals surface area (Å²) in [6.07, 6.45) is 4.35. The molecule has 0 fully saturated rings. The first-order valence-electron chi connectivity index (χ1n) is 5.06. The van der Waals surface area contributed by atoms with Crippen molar-refractivity contribution in [2.24, 2.45) is 0 Å². The van der Waals surface area contributed by atoms with Crippen LogP contribution in [0.25, 0.3) is 0 Å². The van der Waals surface area contributed by atoms with Crippen molar-refractivity contribution in [3.05, 3.63) is 47.4 Å². The van der Waals surface area contributed by atoms with Crippen molar-refractivity contribution in [3.8, 4) is 0 Å². The van der Waals surface area contributed by atoms with E-state index in [0.717, 1.165) is 17.7 Å². The molecule has 2 aromatic heterocycles. The quantitative estimate of drug-likeness (QED) is 0.794. The highest BCUT2D eigenvalue weighted by atomic mass is 14.9. The lowest BCUT2D eigenvalue weighted by Crippen LogP contribution is -2.00. The summed E-state index contributed by atoms with van der Waals surface area (Å²) in [5, 5.41) is 0. The Bertz CT molecular complexity index is 508. The number of hydrogen-bond acceptors (Lipinski definition) is 4. The van der Waals surface area contributed by atoms with Gasteiger partial charge >= 0.3 is 0 Å². The third-order valence-corrected chi connectivity index (χ3v) is 2.38. The monoisotopic (exact) mass is 214 g/mol. The van der Waals surface area contributed by atoms with Gasteiger partial charge in [-0.3, -0.25) is 4.98 Å². The van der Waals surface area contributed by atoms with E-state index >= 15 is 0 Å². The fourth-order valence-corrected chi connectivity index (χ4v) is 1.58. The lowest BCUT2D eigenvalue weighted by Gasteiger charge is -2.04. The van der Waals surface area contributed by atoms with Crippen LogP contribution in [0.3, 0.4) is 0 Å². The van der Waals surface area contributed by atoms with Crippen molar-refractivity contribution in [2.45, 2.75) is 13.3 Å². The first-order chi connectivity index (χ1) is 7.65. The van der Waals surface area contributed by atoms with E-state index in [4.69, 9.17) is 11.5 Å². The standard InChI is InChI=1S/C12H14N4/c1-8-4-9(2-3-15-8)5-10-6-11(13)12(14)16-7-10/h2-4,6-7H,5,13H2,1H3,(H2,14,16). The Labute approximate surface area is 94.3 Å². The van der Waals surface area contributed by atoms with Gasteiger partial charge < -0.3 is 11.5 Å². The summed E-state index contributed by atoms with van der Waals surface area (Å²) in [6, 6.07) is 5.89. The van der Waals surface area contributed by atoms with Gasteiger partial charge in [0.05, 0.1) is 5.69 Å². The second kappa shape index (κ2) is 4.18. The lowest BCUT2D eigenvalue weighted by molar-refractivity contribution is 1.10. The summed E-state index contributed by atoms with van der Waals surface area (Å²) >= 11 is 0. The average Bonchev–Trinajstić information content (AvgIpc) is 2.24. The van der Waals surface area contributed by atoms with Gasteiger partial charge in [-0.1, -0.05) is 0 Å². The normalized spacial score (nSPS) is 10.3. The highest BCUT2D eigenvalue weighted by Crippen LogP contribution is 2.15. The Hall–Kier alpha value is -2.10. The molecule has 16 heavy (non-hydrogen) atoms. The van der Waals surface area contributed by atoms with Gasteiger partial charge in [-0.15, -0.1) is 0 Å². The van der Waals surface area contributed by atoms with Crippen LogP contribution in [-0.4, -0.2) is 9.97 Å². The van der Waals surface area contributed by atoms with Gasteiger partial charge in [0.1, 0.15) is 5.82 Å². The van der Waals surface area contributed by atoms with E-state index in [0.29, 0.717) is 11.5 Å². The number of aromatic nitrogens is 2. The topological polar surface area (TPSA) is 77.8 Å². The zero-order valence-electron chi connectivity index (χ0n) is 9.14. The average molecular weight is 214 g/mol. The minimum absolute atomic E-state index is 0.384. The van der Waals surface area contributed by atoms with Crippen molar-refractivity contribution in [2.75, 3.05) is 11.5 Å². The molecule has 82 valence electrons. The van der Waals surface area contributed by atoms with Crippen molar-refractivity contribution in [1.82, 2.24) is 9.97 Å². The molecule has 0 saturated carbocycles. The Morgan fingerprint density at radius 1 is 1.12 bits per heavy atom. The van der Waals surface area contributed by atoms with E-state index in [1.54, 1.807) is 12.4 Å². The Balaban J connectivity index is 2.24. The third-order valence-electron chi connectivity index (χ3n) is 2.38. The number of pyridine rings is 2. The molecule has 4 nitrogen and oxygen atoms in total. The predicted molar refractivity (Wildman–Crippen MR) is 64.8 cm³/mol. The molecule has 0 atom stereocenters. The summed E-state index contributed by atoms with van der Waals surface area (Å²) in [5.41, 5.74) is 15.0. The molecule has 4 heteroatoms. The molecule has 0 bridgehead atoms. The van der Waals surface area contributed by atoms with Gasteiger partial charge in [-0.2, -0.15) is 0 Å². The molecule has 0 aliphatic heterocycles. The number of nitrogens with zero attached hydrogens (tertiary/aromatic N) is 2. The Kier molecular flexibility index (Phi) is 2.72. The van der Waals surface area contributed by atoms with Gasteiger partial charge in [-0.05, 0) is 42.7 Å². The van der Waals surface area contributed by atoms with Gasteiger partial charge in [0.15, 0.2) is 0 Å².